The number of ketones is 1. The van der Waals surface area contributed by atoms with Crippen LogP contribution in [0.1, 0.15) is 52.1 Å². The van der Waals surface area contributed by atoms with Crippen molar-refractivity contribution in [2.75, 3.05) is 47.9 Å². The van der Waals surface area contributed by atoms with Gasteiger partial charge in [0, 0.05) is 48.8 Å². The Kier molecular flexibility index (Phi) is 7.94. The van der Waals surface area contributed by atoms with E-state index in [9.17, 15) is 18.4 Å². The third kappa shape index (κ3) is 5.48. The van der Waals surface area contributed by atoms with Crippen molar-refractivity contribution in [1.29, 1.82) is 0 Å². The number of alkyl halides is 2. The second-order valence-electron chi connectivity index (χ2n) is 10.6. The number of aromatic nitrogens is 2. The predicted octanol–water partition coefficient (Wildman–Crippen LogP) is 5.82. The van der Waals surface area contributed by atoms with Crippen LogP contribution >= 0.6 is 15.9 Å². The molecule has 212 valence electrons. The molecule has 8 nitrogen and oxygen atoms in total. The van der Waals surface area contributed by atoms with E-state index in [1.54, 1.807) is 17.9 Å². The van der Waals surface area contributed by atoms with Gasteiger partial charge in [-0.1, -0.05) is 12.2 Å². The molecule has 4 heterocycles. The number of rotatable bonds is 7. The summed E-state index contributed by atoms with van der Waals surface area (Å²) >= 11 is 3.51. The van der Waals surface area contributed by atoms with Crippen molar-refractivity contribution >= 4 is 45.1 Å². The van der Waals surface area contributed by atoms with Crippen LogP contribution in [0.4, 0.5) is 26.2 Å². The van der Waals surface area contributed by atoms with Crippen LogP contribution in [-0.2, 0) is 0 Å². The van der Waals surface area contributed by atoms with Crippen LogP contribution in [0.2, 0.25) is 0 Å². The van der Waals surface area contributed by atoms with E-state index in [1.807, 2.05) is 12.1 Å². The Morgan fingerprint density at radius 1 is 1.23 bits per heavy atom. The van der Waals surface area contributed by atoms with Gasteiger partial charge in [0.25, 0.3) is 11.8 Å². The number of hydrogen-bond acceptors (Lipinski definition) is 7. The minimum atomic E-state index is -2.84. The van der Waals surface area contributed by atoms with Crippen LogP contribution in [0, 0.1) is 18.8 Å². The van der Waals surface area contributed by atoms with Crippen LogP contribution in [0.25, 0.3) is 0 Å². The van der Waals surface area contributed by atoms with Gasteiger partial charge in [-0.05, 0) is 54.1 Å². The molecule has 3 aliphatic rings. The van der Waals surface area contributed by atoms with Crippen molar-refractivity contribution in [1.82, 2.24) is 9.97 Å². The van der Waals surface area contributed by atoms with Gasteiger partial charge in [0.15, 0.2) is 6.61 Å². The number of nitrogens with one attached hydrogen (secondary N) is 1. The number of ether oxygens (including phenoxy) is 1. The highest BCUT2D eigenvalue weighted by molar-refractivity contribution is 9.10. The molecular formula is C29H32BrF2N5O3. The van der Waals surface area contributed by atoms with E-state index < -0.39 is 17.7 Å². The van der Waals surface area contributed by atoms with Gasteiger partial charge in [0.05, 0.1) is 17.2 Å². The number of aryl methyl sites for hydroxylation is 1. The Hall–Kier alpha value is -3.34. The molecule has 1 aromatic heterocycles. The molecule has 0 aliphatic carbocycles. The van der Waals surface area contributed by atoms with Gasteiger partial charge >= 0.3 is 0 Å². The summed E-state index contributed by atoms with van der Waals surface area (Å²) in [4.78, 5) is 39.2. The number of amides is 1. The van der Waals surface area contributed by atoms with E-state index >= 15 is 0 Å². The first-order valence-corrected chi connectivity index (χ1v) is 14.2. The first kappa shape index (κ1) is 28.2. The van der Waals surface area contributed by atoms with Gasteiger partial charge in [-0.2, -0.15) is 4.98 Å². The summed E-state index contributed by atoms with van der Waals surface area (Å²) in [6.07, 6.45) is 5.72. The molecule has 11 heteroatoms. The summed E-state index contributed by atoms with van der Waals surface area (Å²) < 4.78 is 34.8. The van der Waals surface area contributed by atoms with Gasteiger partial charge < -0.3 is 19.9 Å². The van der Waals surface area contributed by atoms with Crippen LogP contribution < -0.4 is 19.9 Å². The number of carbonyl (C=O) groups excluding carboxylic acids is 2. The maximum atomic E-state index is 14.2. The number of Topliss-reactive ketones (excluding diaryl/α,β-unsaturated/α-hetero) is 1. The lowest BCUT2D eigenvalue weighted by molar-refractivity contribution is -0.0545. The fourth-order valence-electron chi connectivity index (χ4n) is 5.64. The molecule has 2 aromatic rings. The lowest BCUT2D eigenvalue weighted by Gasteiger charge is -2.37. The zero-order valence-electron chi connectivity index (χ0n) is 22.4. The van der Waals surface area contributed by atoms with Crippen molar-refractivity contribution in [3.05, 3.63) is 58.7 Å². The van der Waals surface area contributed by atoms with Crippen molar-refractivity contribution in [2.24, 2.45) is 11.8 Å². The number of allylic oxidation sites excluding steroid dienone is 1. The fourth-order valence-corrected chi connectivity index (χ4v) is 6.26. The molecule has 1 amide bonds. The number of halogens is 3. The Morgan fingerprint density at radius 3 is 2.67 bits per heavy atom. The molecule has 1 aromatic carbocycles. The van der Waals surface area contributed by atoms with Crippen LogP contribution in [0.5, 0.6) is 5.75 Å². The minimum Gasteiger partial charge on any atom is -0.484 e. The summed E-state index contributed by atoms with van der Waals surface area (Å²) in [5.74, 6) is -3.26. The van der Waals surface area contributed by atoms with Crippen LogP contribution in [0.15, 0.2) is 41.9 Å². The topological polar surface area (TPSA) is 87.7 Å². The number of carbonyl (C=O) groups is 2. The molecule has 1 N–H and O–H groups in total. The van der Waals surface area contributed by atoms with Gasteiger partial charge in [-0.25, -0.2) is 13.8 Å². The average molecular weight is 617 g/mol. The zero-order valence-corrected chi connectivity index (χ0v) is 24.0. The molecule has 5 rings (SSSR count). The molecule has 0 spiro atoms. The normalized spacial score (nSPS) is 20.6. The number of anilines is 3. The van der Waals surface area contributed by atoms with Crippen molar-refractivity contribution in [3.63, 3.8) is 0 Å². The van der Waals surface area contributed by atoms with E-state index in [0.29, 0.717) is 27.3 Å². The molecule has 1 atom stereocenters. The third-order valence-electron chi connectivity index (χ3n) is 7.85. The first-order chi connectivity index (χ1) is 19.1. The number of hydrogen-bond donors (Lipinski definition) is 1. The Labute approximate surface area is 240 Å². The van der Waals surface area contributed by atoms with Gasteiger partial charge in [0.1, 0.15) is 17.1 Å². The van der Waals surface area contributed by atoms with Gasteiger partial charge in [-0.3, -0.25) is 9.59 Å². The summed E-state index contributed by atoms with van der Waals surface area (Å²) in [5, 5.41) is 2.86. The number of benzene rings is 1. The second-order valence-corrected chi connectivity index (χ2v) is 11.4. The average Bonchev–Trinajstić information content (AvgIpc) is 3.30. The largest absolute Gasteiger partial charge is 0.484 e. The molecule has 3 aliphatic heterocycles. The monoisotopic (exact) mass is 615 g/mol. The number of piperidine rings is 2. The number of nitrogens with zero attached hydrogens (tertiary/aromatic N) is 4. The predicted molar refractivity (Wildman–Crippen MR) is 154 cm³/mol. The van der Waals surface area contributed by atoms with Gasteiger partial charge in [0.2, 0.25) is 11.7 Å². The molecule has 2 saturated heterocycles. The molecule has 0 radical (unpaired) electrons. The quantitative estimate of drug-likeness (QED) is 0.393. The van der Waals surface area contributed by atoms with Crippen LogP contribution in [-0.4, -0.2) is 60.4 Å². The van der Waals surface area contributed by atoms with E-state index in [-0.39, 0.29) is 55.0 Å². The summed E-state index contributed by atoms with van der Waals surface area (Å²) in [7, 11) is 0. The molecular weight excluding hydrogens is 584 g/mol. The number of fused-ring (bicyclic) bond motifs is 1. The Bertz CT molecular complexity index is 1360. The zero-order chi connectivity index (χ0) is 28.6. The van der Waals surface area contributed by atoms with Crippen LogP contribution in [0.3, 0.4) is 0 Å². The molecule has 1 unspecified atom stereocenters. The van der Waals surface area contributed by atoms with Crippen molar-refractivity contribution < 1.29 is 23.1 Å². The highest BCUT2D eigenvalue weighted by atomic mass is 79.9. The standard InChI is InChI=1S/C29H32BrF2N5O3/c1-4-6-18-7-10-36(11-8-18)21-14-20(30)24-22(38)16-40-26(24)25(21)27(39)34-23-13-17(3)33-28(35-23)37-12-9-29(31,32)19(5-2)15-37/h4-5,13-14,18-19H,1-2,6-12,15-16H2,3H3,(H,33,34,35,39). The molecule has 2 fully saturated rings. The smallest absolute Gasteiger partial charge is 0.262 e. The maximum Gasteiger partial charge on any atom is 0.262 e. The van der Waals surface area contributed by atoms with E-state index in [4.69, 9.17) is 4.74 Å². The van der Waals surface area contributed by atoms with E-state index in [0.717, 1.165) is 32.4 Å². The second kappa shape index (κ2) is 11.3. The highest BCUT2D eigenvalue weighted by Crippen LogP contribution is 2.43. The fraction of sp³-hybridized carbons (Fsp3) is 0.448. The van der Waals surface area contributed by atoms with Crippen molar-refractivity contribution in [2.45, 2.75) is 38.5 Å². The summed E-state index contributed by atoms with van der Waals surface area (Å²) in [5.41, 5.74) is 1.87. The summed E-state index contributed by atoms with van der Waals surface area (Å²) in [6.45, 7) is 10.6. The first-order valence-electron chi connectivity index (χ1n) is 13.4. The lowest BCUT2D eigenvalue weighted by atomic mass is 9.92. The SMILES string of the molecule is C=CCC1CCN(c2cc(Br)c3c(c2C(=O)Nc2cc(C)nc(N4CCC(F)(F)C(C=C)C4)n2)OCC3=O)CC1. The molecule has 0 bridgehead atoms. The lowest BCUT2D eigenvalue weighted by Crippen LogP contribution is -2.47. The molecule has 0 saturated carbocycles. The van der Waals surface area contributed by atoms with Gasteiger partial charge in [-0.15, -0.1) is 13.2 Å². The highest BCUT2D eigenvalue weighted by Gasteiger charge is 2.43. The Balaban J connectivity index is 1.45. The Morgan fingerprint density at radius 2 is 1.98 bits per heavy atom. The van der Waals surface area contributed by atoms with E-state index in [1.165, 1.54) is 6.08 Å². The van der Waals surface area contributed by atoms with E-state index in [2.05, 4.69) is 49.3 Å². The maximum absolute atomic E-state index is 14.2. The minimum absolute atomic E-state index is 0.0233. The molecule has 40 heavy (non-hydrogen) atoms. The third-order valence-corrected chi connectivity index (χ3v) is 8.47. The summed E-state index contributed by atoms with van der Waals surface area (Å²) in [6, 6.07) is 3.44. The van der Waals surface area contributed by atoms with Crippen molar-refractivity contribution in [3.8, 4) is 5.75 Å².